The number of hydrogen-bond donors (Lipinski definition) is 6. The fourth-order valence-electron chi connectivity index (χ4n) is 2.13. The minimum absolute atomic E-state index is 0.276. The average molecular weight is 420 g/mol. The zero-order valence-corrected chi connectivity index (χ0v) is 17.0. The molecule has 160 valence electrons. The normalized spacial score (nSPS) is 13.9. The van der Waals surface area contributed by atoms with Crippen LogP contribution in [0.2, 0.25) is 0 Å². The lowest BCUT2D eigenvalue weighted by molar-refractivity contribution is -0.143. The van der Waals surface area contributed by atoms with Crippen molar-refractivity contribution in [2.45, 2.75) is 44.8 Å². The minimum Gasteiger partial charge on any atom is -0.480 e. The first-order chi connectivity index (χ1) is 13.0. The van der Waals surface area contributed by atoms with E-state index in [9.17, 15) is 29.1 Å². The van der Waals surface area contributed by atoms with Crippen LogP contribution < -0.4 is 27.4 Å². The van der Waals surface area contributed by atoms with Crippen LogP contribution in [-0.4, -0.2) is 71.4 Å². The summed E-state index contributed by atoms with van der Waals surface area (Å²) in [5.41, 5.74) is 10.4. The van der Waals surface area contributed by atoms with Gasteiger partial charge in [-0.1, -0.05) is 13.8 Å². The van der Waals surface area contributed by atoms with Gasteiger partial charge in [0.15, 0.2) is 0 Å². The SMILES string of the molecule is CSCCC(NC(=O)CNC(=O)C(N)CC(N)=O)C(=O)NC(C(=O)O)C(C)C. The molecule has 0 aliphatic rings. The van der Waals surface area contributed by atoms with Crippen LogP contribution in [0.25, 0.3) is 0 Å². The fraction of sp³-hybridized carbons (Fsp3) is 0.688. The topological polar surface area (TPSA) is 194 Å². The monoisotopic (exact) mass is 419 g/mol. The molecule has 0 heterocycles. The maximum atomic E-state index is 12.4. The Balaban J connectivity index is 4.82. The summed E-state index contributed by atoms with van der Waals surface area (Å²) in [7, 11) is 0. The van der Waals surface area contributed by atoms with E-state index in [1.54, 1.807) is 13.8 Å². The van der Waals surface area contributed by atoms with E-state index in [2.05, 4.69) is 16.0 Å². The van der Waals surface area contributed by atoms with E-state index in [1.165, 1.54) is 11.8 Å². The van der Waals surface area contributed by atoms with E-state index in [-0.39, 0.29) is 18.8 Å². The van der Waals surface area contributed by atoms with Gasteiger partial charge < -0.3 is 32.5 Å². The molecule has 0 aliphatic heterocycles. The van der Waals surface area contributed by atoms with Crippen molar-refractivity contribution >= 4 is 41.4 Å². The molecule has 3 unspecified atom stereocenters. The van der Waals surface area contributed by atoms with Crippen molar-refractivity contribution in [3.63, 3.8) is 0 Å². The summed E-state index contributed by atoms with van der Waals surface area (Å²) < 4.78 is 0. The molecule has 8 N–H and O–H groups in total. The Morgan fingerprint density at radius 1 is 1.07 bits per heavy atom. The van der Waals surface area contributed by atoms with Gasteiger partial charge in [-0.25, -0.2) is 4.79 Å². The van der Waals surface area contributed by atoms with Gasteiger partial charge in [-0.3, -0.25) is 19.2 Å². The Bertz CT molecular complexity index is 586. The molecule has 0 spiro atoms. The largest absolute Gasteiger partial charge is 0.480 e. The van der Waals surface area contributed by atoms with E-state index < -0.39 is 54.3 Å². The number of nitrogens with one attached hydrogen (secondary N) is 3. The molecule has 0 saturated heterocycles. The fourth-order valence-corrected chi connectivity index (χ4v) is 2.60. The number of aliphatic carboxylic acids is 1. The Morgan fingerprint density at radius 2 is 1.68 bits per heavy atom. The van der Waals surface area contributed by atoms with Gasteiger partial charge in [-0.2, -0.15) is 11.8 Å². The molecule has 4 amide bonds. The highest BCUT2D eigenvalue weighted by Crippen LogP contribution is 2.05. The number of primary amides is 1. The molecule has 0 aromatic heterocycles. The predicted octanol–water partition coefficient (Wildman–Crippen LogP) is -2.23. The van der Waals surface area contributed by atoms with Gasteiger partial charge >= 0.3 is 5.97 Å². The van der Waals surface area contributed by atoms with Crippen LogP contribution in [0.4, 0.5) is 0 Å². The second-order valence-electron chi connectivity index (χ2n) is 6.46. The Hall–Kier alpha value is -2.34. The second kappa shape index (κ2) is 12.9. The van der Waals surface area contributed by atoms with Gasteiger partial charge in [0.2, 0.25) is 23.6 Å². The first kappa shape index (κ1) is 25.7. The third kappa shape index (κ3) is 10.1. The predicted molar refractivity (Wildman–Crippen MR) is 104 cm³/mol. The highest BCUT2D eigenvalue weighted by Gasteiger charge is 2.28. The molecule has 3 atom stereocenters. The standard InChI is InChI=1S/C16H29N5O6S/c1-8(2)13(16(26)27)21-15(25)10(4-5-28-3)20-12(23)7-19-14(24)9(17)6-11(18)22/h8-10,13H,4-7,17H2,1-3H3,(H2,18,22)(H,19,24)(H,20,23)(H,21,25)(H,26,27). The van der Waals surface area contributed by atoms with Gasteiger partial charge in [-0.05, 0) is 24.3 Å². The lowest BCUT2D eigenvalue weighted by atomic mass is 10.0. The summed E-state index contributed by atoms with van der Waals surface area (Å²) in [6.07, 6.45) is 1.74. The van der Waals surface area contributed by atoms with Gasteiger partial charge in [0.05, 0.1) is 19.0 Å². The molecule has 28 heavy (non-hydrogen) atoms. The lowest BCUT2D eigenvalue weighted by Gasteiger charge is -2.23. The van der Waals surface area contributed by atoms with Crippen molar-refractivity contribution in [1.82, 2.24) is 16.0 Å². The van der Waals surface area contributed by atoms with Crippen molar-refractivity contribution in [2.75, 3.05) is 18.6 Å². The number of hydrogen-bond acceptors (Lipinski definition) is 7. The van der Waals surface area contributed by atoms with Gasteiger partial charge in [0.25, 0.3) is 0 Å². The summed E-state index contributed by atoms with van der Waals surface area (Å²) in [6, 6.07) is -3.23. The van der Waals surface area contributed by atoms with Crippen LogP contribution in [0.15, 0.2) is 0 Å². The molecule has 0 radical (unpaired) electrons. The molecule has 0 aliphatic carbocycles. The maximum absolute atomic E-state index is 12.4. The number of nitrogens with two attached hydrogens (primary N) is 2. The molecule has 12 heteroatoms. The Kier molecular flexibility index (Phi) is 11.9. The molecule has 0 aromatic carbocycles. The third-order valence-corrected chi connectivity index (χ3v) is 4.32. The molecule has 0 fully saturated rings. The maximum Gasteiger partial charge on any atom is 0.326 e. The van der Waals surface area contributed by atoms with E-state index in [0.717, 1.165) is 0 Å². The Labute approximate surface area is 167 Å². The summed E-state index contributed by atoms with van der Waals surface area (Å²) in [4.78, 5) is 58.2. The highest BCUT2D eigenvalue weighted by molar-refractivity contribution is 7.98. The van der Waals surface area contributed by atoms with Crippen molar-refractivity contribution in [3.05, 3.63) is 0 Å². The second-order valence-corrected chi connectivity index (χ2v) is 7.45. The zero-order chi connectivity index (χ0) is 21.9. The van der Waals surface area contributed by atoms with Crippen molar-refractivity contribution in [2.24, 2.45) is 17.4 Å². The first-order valence-corrected chi connectivity index (χ1v) is 10.0. The van der Waals surface area contributed by atoms with Crippen molar-refractivity contribution in [1.29, 1.82) is 0 Å². The smallest absolute Gasteiger partial charge is 0.326 e. The van der Waals surface area contributed by atoms with Gasteiger partial charge in [0, 0.05) is 0 Å². The highest BCUT2D eigenvalue weighted by atomic mass is 32.2. The van der Waals surface area contributed by atoms with E-state index in [0.29, 0.717) is 5.75 Å². The average Bonchev–Trinajstić information content (AvgIpc) is 2.59. The van der Waals surface area contributed by atoms with Crippen LogP contribution >= 0.6 is 11.8 Å². The first-order valence-electron chi connectivity index (χ1n) is 8.62. The molecule has 0 aromatic rings. The van der Waals surface area contributed by atoms with Crippen LogP contribution in [0, 0.1) is 5.92 Å². The molecule has 0 rings (SSSR count). The van der Waals surface area contributed by atoms with Crippen molar-refractivity contribution in [3.8, 4) is 0 Å². The van der Waals surface area contributed by atoms with Crippen LogP contribution in [-0.2, 0) is 24.0 Å². The molecular formula is C16H29N5O6S. The Morgan fingerprint density at radius 3 is 2.14 bits per heavy atom. The van der Waals surface area contributed by atoms with Crippen LogP contribution in [0.3, 0.4) is 0 Å². The number of carboxylic acid groups (broad SMARTS) is 1. The lowest BCUT2D eigenvalue weighted by Crippen LogP contribution is -2.55. The van der Waals surface area contributed by atoms with E-state index in [1.807, 2.05) is 6.26 Å². The number of amides is 4. The van der Waals surface area contributed by atoms with Gasteiger partial charge in [0.1, 0.15) is 12.1 Å². The molecular weight excluding hydrogens is 390 g/mol. The number of carboxylic acids is 1. The molecule has 0 bridgehead atoms. The summed E-state index contributed by atoms with van der Waals surface area (Å²) in [5.74, 6) is -3.73. The quantitative estimate of drug-likeness (QED) is 0.193. The number of carbonyl (C=O) groups excluding carboxylic acids is 4. The van der Waals surface area contributed by atoms with E-state index >= 15 is 0 Å². The third-order valence-electron chi connectivity index (χ3n) is 3.67. The molecule has 0 saturated carbocycles. The summed E-state index contributed by atoms with van der Waals surface area (Å²) >= 11 is 1.46. The number of rotatable bonds is 13. The zero-order valence-electron chi connectivity index (χ0n) is 16.2. The minimum atomic E-state index is -1.18. The van der Waals surface area contributed by atoms with E-state index in [4.69, 9.17) is 11.5 Å². The van der Waals surface area contributed by atoms with Gasteiger partial charge in [-0.15, -0.1) is 0 Å². The summed E-state index contributed by atoms with van der Waals surface area (Å²) in [5, 5.41) is 16.3. The molecule has 11 nitrogen and oxygen atoms in total. The van der Waals surface area contributed by atoms with Crippen LogP contribution in [0.1, 0.15) is 26.7 Å². The van der Waals surface area contributed by atoms with Crippen LogP contribution in [0.5, 0.6) is 0 Å². The number of thioether (sulfide) groups is 1. The number of carbonyl (C=O) groups is 5. The summed E-state index contributed by atoms with van der Waals surface area (Å²) in [6.45, 7) is 2.85. The van der Waals surface area contributed by atoms with Crippen molar-refractivity contribution < 1.29 is 29.1 Å².